The molecule has 1 amide bonds. The summed E-state index contributed by atoms with van der Waals surface area (Å²) in [6, 6.07) is 3.34. The minimum atomic E-state index is -2.24. The van der Waals surface area contributed by atoms with E-state index in [-0.39, 0.29) is 17.5 Å². The highest BCUT2D eigenvalue weighted by Gasteiger charge is 2.43. The zero-order valence-electron chi connectivity index (χ0n) is 12.8. The maximum atomic E-state index is 12.1. The molecule has 8 nitrogen and oxygen atoms in total. The molecule has 0 spiro atoms. The van der Waals surface area contributed by atoms with Crippen molar-refractivity contribution >= 4 is 17.4 Å². The van der Waals surface area contributed by atoms with Gasteiger partial charge in [0, 0.05) is 19.2 Å². The summed E-state index contributed by atoms with van der Waals surface area (Å²) < 4.78 is 1.47. The van der Waals surface area contributed by atoms with Crippen molar-refractivity contribution in [2.24, 2.45) is 5.92 Å². The molecule has 1 fully saturated rings. The van der Waals surface area contributed by atoms with Crippen LogP contribution in [0.5, 0.6) is 0 Å². The van der Waals surface area contributed by atoms with Crippen LogP contribution in [0.1, 0.15) is 24.2 Å². The summed E-state index contributed by atoms with van der Waals surface area (Å²) in [7, 11) is 1.54. The Hall–Kier alpha value is -2.45. The van der Waals surface area contributed by atoms with Crippen molar-refractivity contribution in [3.05, 3.63) is 29.7 Å². The molecule has 120 valence electrons. The average molecular weight is 315 g/mol. The fraction of sp³-hybridized carbons (Fsp3) is 0.400. The largest absolute Gasteiger partial charge is 0.344 e. The summed E-state index contributed by atoms with van der Waals surface area (Å²) in [5.74, 6) is -2.01. The van der Waals surface area contributed by atoms with E-state index in [1.54, 1.807) is 32.3 Å². The first kappa shape index (κ1) is 14.2. The molecule has 0 bridgehead atoms. The number of nitrogens with zero attached hydrogens (tertiary/aromatic N) is 4. The molecule has 4 rings (SSSR count). The van der Waals surface area contributed by atoms with Crippen LogP contribution in [0, 0.1) is 12.8 Å². The summed E-state index contributed by atoms with van der Waals surface area (Å²) in [4.78, 5) is 17.5. The molecular weight excluding hydrogens is 298 g/mol. The van der Waals surface area contributed by atoms with E-state index in [9.17, 15) is 15.0 Å². The Balaban J connectivity index is 1.88. The van der Waals surface area contributed by atoms with Gasteiger partial charge in [-0.2, -0.15) is 5.10 Å². The molecule has 2 aromatic rings. The average Bonchev–Trinajstić information content (AvgIpc) is 3.27. The van der Waals surface area contributed by atoms with E-state index in [1.807, 2.05) is 0 Å². The molecule has 3 N–H and O–H groups in total. The van der Waals surface area contributed by atoms with E-state index in [0.29, 0.717) is 22.9 Å². The number of hydrogen-bond donors (Lipinski definition) is 3. The van der Waals surface area contributed by atoms with Crippen LogP contribution in [0.3, 0.4) is 0 Å². The molecule has 2 aliphatic rings. The molecular formula is C15H17N5O3. The third kappa shape index (κ3) is 2.02. The van der Waals surface area contributed by atoms with Crippen LogP contribution in [0.4, 0.5) is 11.5 Å². The van der Waals surface area contributed by atoms with Crippen LogP contribution in [-0.4, -0.2) is 37.9 Å². The molecule has 23 heavy (non-hydrogen) atoms. The smallest absolute Gasteiger partial charge is 0.293 e. The number of aromatic nitrogens is 3. The highest BCUT2D eigenvalue weighted by atomic mass is 16.5. The van der Waals surface area contributed by atoms with Crippen LogP contribution in [0.15, 0.2) is 18.3 Å². The van der Waals surface area contributed by atoms with Crippen LogP contribution < -0.4 is 10.2 Å². The van der Waals surface area contributed by atoms with Gasteiger partial charge in [-0.15, -0.1) is 0 Å². The van der Waals surface area contributed by atoms with E-state index in [1.165, 1.54) is 9.58 Å². The quantitative estimate of drug-likeness (QED) is 0.696. The lowest BCUT2D eigenvalue weighted by Crippen LogP contribution is -2.48. The zero-order chi connectivity index (χ0) is 16.4. The Labute approximate surface area is 132 Å². The first-order valence-electron chi connectivity index (χ1n) is 7.45. The topological polar surface area (TPSA) is 104 Å². The second kappa shape index (κ2) is 4.53. The van der Waals surface area contributed by atoms with Crippen LogP contribution >= 0.6 is 0 Å². The number of pyridine rings is 1. The first-order valence-corrected chi connectivity index (χ1v) is 7.45. The molecule has 1 aliphatic heterocycles. The molecule has 0 saturated heterocycles. The molecule has 2 aromatic heterocycles. The minimum absolute atomic E-state index is 0.0251. The third-order valence-corrected chi connectivity index (χ3v) is 4.30. The first-order chi connectivity index (χ1) is 10.9. The second-order valence-electron chi connectivity index (χ2n) is 6.07. The highest BCUT2D eigenvalue weighted by Crippen LogP contribution is 2.42. The number of anilines is 2. The monoisotopic (exact) mass is 315 g/mol. The minimum Gasteiger partial charge on any atom is -0.344 e. The van der Waals surface area contributed by atoms with Gasteiger partial charge in [0.15, 0.2) is 5.82 Å². The van der Waals surface area contributed by atoms with Crippen molar-refractivity contribution in [3.8, 4) is 5.69 Å². The fourth-order valence-corrected chi connectivity index (χ4v) is 2.85. The van der Waals surface area contributed by atoms with Crippen molar-refractivity contribution < 1.29 is 15.0 Å². The van der Waals surface area contributed by atoms with Gasteiger partial charge in [0.2, 0.25) is 5.91 Å². The van der Waals surface area contributed by atoms with Gasteiger partial charge in [-0.3, -0.25) is 4.79 Å². The summed E-state index contributed by atoms with van der Waals surface area (Å²) in [6.07, 6.45) is 3.32. The fourth-order valence-electron chi connectivity index (χ4n) is 2.85. The van der Waals surface area contributed by atoms with Crippen molar-refractivity contribution in [1.29, 1.82) is 0 Å². The molecule has 3 heterocycles. The Morgan fingerprint density at radius 1 is 1.43 bits per heavy atom. The zero-order valence-corrected chi connectivity index (χ0v) is 12.8. The molecule has 0 unspecified atom stereocenters. The lowest BCUT2D eigenvalue weighted by Gasteiger charge is -2.39. The van der Waals surface area contributed by atoms with E-state index in [2.05, 4.69) is 15.4 Å². The van der Waals surface area contributed by atoms with E-state index >= 15 is 0 Å². The maximum Gasteiger partial charge on any atom is 0.293 e. The number of aryl methyl sites for hydroxylation is 1. The normalized spacial score (nSPS) is 18.3. The van der Waals surface area contributed by atoms with Gasteiger partial charge in [0.05, 0.1) is 11.4 Å². The number of carbonyl (C=O) groups excluding carboxylic acids is 1. The predicted molar refractivity (Wildman–Crippen MR) is 82.0 cm³/mol. The van der Waals surface area contributed by atoms with Crippen LogP contribution in [0.25, 0.3) is 5.69 Å². The number of nitrogens with one attached hydrogen (secondary N) is 1. The maximum absolute atomic E-state index is 12.1. The molecule has 8 heteroatoms. The van der Waals surface area contributed by atoms with Gasteiger partial charge < -0.3 is 20.4 Å². The highest BCUT2D eigenvalue weighted by molar-refractivity contribution is 5.97. The van der Waals surface area contributed by atoms with Crippen LogP contribution in [-0.2, 0) is 10.7 Å². The second-order valence-corrected chi connectivity index (χ2v) is 6.07. The third-order valence-electron chi connectivity index (χ3n) is 4.30. The number of rotatable bonds is 2. The number of hydrogen-bond acceptors (Lipinski definition) is 6. The lowest BCUT2D eigenvalue weighted by molar-refractivity contribution is -0.172. The Bertz CT molecular complexity index is 809. The van der Waals surface area contributed by atoms with Crippen LogP contribution in [0.2, 0.25) is 0 Å². The number of fused-ring (bicyclic) bond motifs is 3. The summed E-state index contributed by atoms with van der Waals surface area (Å²) >= 11 is 0. The number of amides is 1. The van der Waals surface area contributed by atoms with E-state index in [0.717, 1.165) is 12.8 Å². The summed E-state index contributed by atoms with van der Waals surface area (Å²) in [6.45, 7) is 1.78. The summed E-state index contributed by atoms with van der Waals surface area (Å²) in [5.41, 5.74) is 1.96. The number of aliphatic hydroxyl groups is 2. The predicted octanol–water partition coefficient (Wildman–Crippen LogP) is 0.469. The molecule has 0 aromatic carbocycles. The molecule has 0 radical (unpaired) electrons. The SMILES string of the molecule is Cc1cc2n(n1)-c1ccnc(NC(=O)C3CC3)c1N(C)C2(O)O. The Morgan fingerprint density at radius 3 is 2.87 bits per heavy atom. The molecule has 1 saturated carbocycles. The van der Waals surface area contributed by atoms with Gasteiger partial charge in [0.1, 0.15) is 11.4 Å². The molecule has 1 aliphatic carbocycles. The van der Waals surface area contributed by atoms with E-state index < -0.39 is 5.91 Å². The number of carbonyl (C=O) groups is 1. The van der Waals surface area contributed by atoms with Crippen molar-refractivity contribution in [2.45, 2.75) is 25.7 Å². The lowest BCUT2D eigenvalue weighted by atomic mass is 10.1. The van der Waals surface area contributed by atoms with Gasteiger partial charge in [-0.1, -0.05) is 0 Å². The van der Waals surface area contributed by atoms with Gasteiger partial charge in [-0.25, -0.2) is 9.67 Å². The van der Waals surface area contributed by atoms with Gasteiger partial charge in [-0.05, 0) is 31.9 Å². The van der Waals surface area contributed by atoms with Crippen molar-refractivity contribution in [1.82, 2.24) is 14.8 Å². The van der Waals surface area contributed by atoms with E-state index in [4.69, 9.17) is 0 Å². The van der Waals surface area contributed by atoms with Crippen molar-refractivity contribution in [2.75, 3.05) is 17.3 Å². The summed E-state index contributed by atoms with van der Waals surface area (Å²) in [5, 5.41) is 28.1. The van der Waals surface area contributed by atoms with Crippen molar-refractivity contribution in [3.63, 3.8) is 0 Å². The Kier molecular flexibility index (Phi) is 2.79. The van der Waals surface area contributed by atoms with Gasteiger partial charge >= 0.3 is 0 Å². The standard InChI is InChI=1S/C15H17N5O3/c1-8-7-11-15(22,23)19(2)12-10(20(11)18-8)5-6-16-13(12)17-14(21)9-3-4-9/h5-7,9,22-23H,3-4H2,1-2H3,(H,16,17,21). The van der Waals surface area contributed by atoms with Gasteiger partial charge in [0.25, 0.3) is 5.91 Å². The molecule has 0 atom stereocenters. The Morgan fingerprint density at radius 2 is 2.17 bits per heavy atom.